The van der Waals surface area contributed by atoms with Gasteiger partial charge in [-0.1, -0.05) is 184 Å². The molecule has 0 aromatic rings. The van der Waals surface area contributed by atoms with Crippen molar-refractivity contribution in [1.29, 1.82) is 0 Å². The standard InChI is InChI=1S/C60H92NO8P/c1-6-8-10-12-14-16-18-20-22-24-26-27-28-29-30-31-32-33-35-37-39-41-43-45-47-49-51-53-60(63)69-58(57-68-70(64,65)67-55-54-61(3,4)5)56-66-59(62)52-50-48-46-44-42-40-38-36-34-25-23-21-19-17-15-13-11-9-7-2/h8-11,14-17,20-23,26-27,29-30,32-34,36-37,39-40,42-43,45-46,48,58H,6-7,12-13,18-19,24-25,28,31,35,38,41,44,47,49-57H2,1-5H3/p+1/b10-8-,11-9-,16-14-,17-15-,22-20-,23-21-,27-26-,30-29-,33-32-,36-34-,39-37-,42-40-,45-43-,48-46-. The molecule has 0 aromatic heterocycles. The van der Waals surface area contributed by atoms with Crippen LogP contribution in [-0.4, -0.2) is 74.9 Å². The van der Waals surface area contributed by atoms with Crippen LogP contribution in [0.15, 0.2) is 170 Å². The lowest BCUT2D eigenvalue weighted by molar-refractivity contribution is -0.870. The fourth-order valence-electron chi connectivity index (χ4n) is 5.82. The van der Waals surface area contributed by atoms with Crippen molar-refractivity contribution in [2.24, 2.45) is 0 Å². The monoisotopic (exact) mass is 987 g/mol. The number of likely N-dealkylation sites (N-methyl/N-ethyl adjacent to an activating group) is 1. The van der Waals surface area contributed by atoms with E-state index in [1.807, 2.05) is 33.3 Å². The third-order valence-corrected chi connectivity index (χ3v) is 10.7. The second-order valence-corrected chi connectivity index (χ2v) is 18.9. The van der Waals surface area contributed by atoms with Gasteiger partial charge in [-0.2, -0.15) is 0 Å². The Kier molecular flexibility index (Phi) is 46.1. The van der Waals surface area contributed by atoms with Gasteiger partial charge in [0.25, 0.3) is 0 Å². The second kappa shape index (κ2) is 49.4. The third-order valence-electron chi connectivity index (χ3n) is 9.76. The minimum Gasteiger partial charge on any atom is -0.462 e. The van der Waals surface area contributed by atoms with E-state index in [4.69, 9.17) is 18.5 Å². The average molecular weight is 987 g/mol. The molecule has 0 aromatic carbocycles. The molecule has 0 saturated carbocycles. The molecule has 2 atom stereocenters. The normalized spacial score (nSPS) is 14.8. The quantitative estimate of drug-likeness (QED) is 0.0211. The van der Waals surface area contributed by atoms with E-state index in [1.54, 1.807) is 0 Å². The van der Waals surface area contributed by atoms with Crippen molar-refractivity contribution in [3.63, 3.8) is 0 Å². The second-order valence-electron chi connectivity index (χ2n) is 17.4. The zero-order valence-electron chi connectivity index (χ0n) is 43.9. The summed E-state index contributed by atoms with van der Waals surface area (Å²) in [4.78, 5) is 35.5. The molecule has 0 aliphatic carbocycles. The first kappa shape index (κ1) is 65.4. The molecule has 0 saturated heterocycles. The highest BCUT2D eigenvalue weighted by molar-refractivity contribution is 7.47. The van der Waals surface area contributed by atoms with Gasteiger partial charge in [0.05, 0.1) is 27.7 Å². The Labute approximate surface area is 426 Å². The SMILES string of the molecule is CC/C=C\C/C=C\C/C=C\C/C=C\C/C=C\C/C=C\C/C=C\C/C=C\CCCCC(=O)OC(COC(=O)CC/C=C\C/C=C\C/C=C\C/C=C\C/C=C\C/C=C\CC)COP(=O)(O)OCC[N+](C)(C)C. The molecule has 0 heterocycles. The number of ether oxygens (including phenoxy) is 2. The number of phosphoric ester groups is 1. The van der Waals surface area contributed by atoms with E-state index < -0.39 is 32.5 Å². The number of carbonyl (C=O) groups is 2. The van der Waals surface area contributed by atoms with Gasteiger partial charge < -0.3 is 18.9 Å². The molecule has 0 amide bonds. The fourth-order valence-corrected chi connectivity index (χ4v) is 6.56. The van der Waals surface area contributed by atoms with Crippen molar-refractivity contribution in [2.45, 2.75) is 148 Å². The number of esters is 2. The zero-order chi connectivity index (χ0) is 51.3. The van der Waals surface area contributed by atoms with E-state index in [0.717, 1.165) is 103 Å². The van der Waals surface area contributed by atoms with E-state index >= 15 is 0 Å². The van der Waals surface area contributed by atoms with Gasteiger partial charge in [0, 0.05) is 12.8 Å². The van der Waals surface area contributed by atoms with Crippen LogP contribution in [0.25, 0.3) is 0 Å². The molecule has 0 spiro atoms. The third kappa shape index (κ3) is 52.7. The average Bonchev–Trinajstić information content (AvgIpc) is 3.32. The van der Waals surface area contributed by atoms with Gasteiger partial charge in [0.2, 0.25) is 0 Å². The van der Waals surface area contributed by atoms with Crippen LogP contribution in [0.5, 0.6) is 0 Å². The Morgan fingerprint density at radius 2 is 0.786 bits per heavy atom. The number of hydrogen-bond donors (Lipinski definition) is 1. The van der Waals surface area contributed by atoms with Crippen molar-refractivity contribution < 1.29 is 42.1 Å². The predicted octanol–water partition coefficient (Wildman–Crippen LogP) is 15.9. The number of rotatable bonds is 44. The van der Waals surface area contributed by atoms with Gasteiger partial charge in [0.15, 0.2) is 6.10 Å². The molecule has 70 heavy (non-hydrogen) atoms. The lowest BCUT2D eigenvalue weighted by atomic mass is 10.2. The summed E-state index contributed by atoms with van der Waals surface area (Å²) in [5.41, 5.74) is 0. The molecule has 0 aliphatic heterocycles. The van der Waals surface area contributed by atoms with Crippen LogP contribution in [0.1, 0.15) is 142 Å². The first-order valence-corrected chi connectivity index (χ1v) is 27.4. The van der Waals surface area contributed by atoms with Gasteiger partial charge in [-0.3, -0.25) is 18.6 Å². The molecule has 2 unspecified atom stereocenters. The largest absolute Gasteiger partial charge is 0.472 e. The molecular weight excluding hydrogens is 894 g/mol. The highest BCUT2D eigenvalue weighted by Crippen LogP contribution is 2.43. The first-order chi connectivity index (χ1) is 34.0. The number of hydrogen-bond acceptors (Lipinski definition) is 7. The zero-order valence-corrected chi connectivity index (χ0v) is 44.8. The van der Waals surface area contributed by atoms with E-state index in [9.17, 15) is 19.0 Å². The predicted molar refractivity (Wildman–Crippen MR) is 297 cm³/mol. The summed E-state index contributed by atoms with van der Waals surface area (Å²) in [7, 11) is 1.37. The maximum Gasteiger partial charge on any atom is 0.472 e. The van der Waals surface area contributed by atoms with Crippen LogP contribution < -0.4 is 0 Å². The molecule has 0 bridgehead atoms. The Hall–Kier alpha value is -4.63. The minimum atomic E-state index is -4.43. The van der Waals surface area contributed by atoms with Gasteiger partial charge in [-0.25, -0.2) is 4.57 Å². The summed E-state index contributed by atoms with van der Waals surface area (Å²) in [6, 6.07) is 0. The summed E-state index contributed by atoms with van der Waals surface area (Å²) < 4.78 is 34.3. The van der Waals surface area contributed by atoms with Crippen molar-refractivity contribution in [3.8, 4) is 0 Å². The maximum atomic E-state index is 12.8. The molecule has 390 valence electrons. The fraction of sp³-hybridized carbons (Fsp3) is 0.500. The summed E-state index contributed by atoms with van der Waals surface area (Å²) in [5, 5.41) is 0. The number of nitrogens with zero attached hydrogens (tertiary/aromatic N) is 1. The van der Waals surface area contributed by atoms with Crippen LogP contribution in [0.4, 0.5) is 0 Å². The highest BCUT2D eigenvalue weighted by atomic mass is 31.2. The van der Waals surface area contributed by atoms with E-state index in [0.29, 0.717) is 23.9 Å². The summed E-state index contributed by atoms with van der Waals surface area (Å²) >= 11 is 0. The lowest BCUT2D eigenvalue weighted by Gasteiger charge is -2.24. The first-order valence-electron chi connectivity index (χ1n) is 25.9. The Morgan fingerprint density at radius 3 is 1.14 bits per heavy atom. The van der Waals surface area contributed by atoms with Gasteiger partial charge >= 0.3 is 19.8 Å². The van der Waals surface area contributed by atoms with Crippen LogP contribution in [0.2, 0.25) is 0 Å². The molecule has 0 fully saturated rings. The van der Waals surface area contributed by atoms with E-state index in [2.05, 4.69) is 172 Å². The van der Waals surface area contributed by atoms with Crippen LogP contribution in [-0.2, 0) is 32.7 Å². The Balaban J connectivity index is 4.50. The Morgan fingerprint density at radius 1 is 0.443 bits per heavy atom. The molecule has 10 heteroatoms. The number of allylic oxidation sites excluding steroid dienone is 28. The van der Waals surface area contributed by atoms with Crippen molar-refractivity contribution in [1.82, 2.24) is 0 Å². The van der Waals surface area contributed by atoms with Gasteiger partial charge in [0.1, 0.15) is 19.8 Å². The molecular formula is C60H93NO8P+. The topological polar surface area (TPSA) is 108 Å². The van der Waals surface area contributed by atoms with E-state index in [-0.39, 0.29) is 26.1 Å². The number of quaternary nitrogens is 1. The van der Waals surface area contributed by atoms with Crippen molar-refractivity contribution in [3.05, 3.63) is 170 Å². The molecule has 9 nitrogen and oxygen atoms in total. The van der Waals surface area contributed by atoms with Crippen molar-refractivity contribution >= 4 is 19.8 Å². The lowest BCUT2D eigenvalue weighted by Crippen LogP contribution is -2.37. The number of unbranched alkanes of at least 4 members (excludes halogenated alkanes) is 2. The maximum absolute atomic E-state index is 12.8. The summed E-state index contributed by atoms with van der Waals surface area (Å²) in [6.07, 6.45) is 75.7. The molecule has 0 rings (SSSR count). The number of phosphoric acid groups is 1. The molecule has 0 radical (unpaired) electrons. The summed E-state index contributed by atoms with van der Waals surface area (Å²) in [6.45, 7) is 4.02. The molecule has 0 aliphatic rings. The van der Waals surface area contributed by atoms with E-state index in [1.165, 1.54) is 0 Å². The summed E-state index contributed by atoms with van der Waals surface area (Å²) in [5.74, 6) is -0.968. The Bertz CT molecular complexity index is 1780. The minimum absolute atomic E-state index is 0.000370. The van der Waals surface area contributed by atoms with Crippen molar-refractivity contribution in [2.75, 3.05) is 47.5 Å². The number of carbonyl (C=O) groups excluding carboxylic acids is 2. The smallest absolute Gasteiger partial charge is 0.462 e. The van der Waals surface area contributed by atoms with Crippen LogP contribution in [0, 0.1) is 0 Å². The van der Waals surface area contributed by atoms with Crippen LogP contribution in [0.3, 0.4) is 0 Å². The highest BCUT2D eigenvalue weighted by Gasteiger charge is 2.27. The van der Waals surface area contributed by atoms with Gasteiger partial charge in [-0.05, 0) is 116 Å². The van der Waals surface area contributed by atoms with Gasteiger partial charge in [-0.15, -0.1) is 0 Å². The van der Waals surface area contributed by atoms with Crippen LogP contribution >= 0.6 is 7.82 Å². The molecule has 1 N–H and O–H groups in total.